The van der Waals surface area contributed by atoms with Crippen LogP contribution in [0.25, 0.3) is 11.3 Å². The van der Waals surface area contributed by atoms with E-state index in [1.165, 1.54) is 11.8 Å². The minimum Gasteiger partial charge on any atom is -0.464 e. The van der Waals surface area contributed by atoms with Crippen LogP contribution >= 0.6 is 23.4 Å². The zero-order valence-electron chi connectivity index (χ0n) is 11.5. The summed E-state index contributed by atoms with van der Waals surface area (Å²) < 4.78 is 43.1. The first-order valence-corrected chi connectivity index (χ1v) is 7.67. The standard InChI is InChI=1S/C16H9ClF3NOS/c17-13-8-11(16(18,19)20)9-21-15(13)23-12-5-3-10(4-6-12)14-2-1-7-22-14/h1-9H. The van der Waals surface area contributed by atoms with Gasteiger partial charge in [-0.1, -0.05) is 35.5 Å². The molecule has 0 fully saturated rings. The largest absolute Gasteiger partial charge is 0.464 e. The predicted molar refractivity (Wildman–Crippen MR) is 82.5 cm³/mol. The molecule has 0 saturated heterocycles. The topological polar surface area (TPSA) is 26.0 Å². The van der Waals surface area contributed by atoms with Crippen LogP contribution in [-0.2, 0) is 6.18 Å². The molecule has 0 aliphatic heterocycles. The maximum Gasteiger partial charge on any atom is 0.417 e. The minimum atomic E-state index is -4.45. The highest BCUT2D eigenvalue weighted by Crippen LogP contribution is 2.36. The first-order valence-electron chi connectivity index (χ1n) is 6.48. The molecule has 0 radical (unpaired) electrons. The molecule has 7 heteroatoms. The molecule has 0 N–H and O–H groups in total. The van der Waals surface area contributed by atoms with Gasteiger partial charge < -0.3 is 4.42 Å². The molecule has 0 saturated carbocycles. The van der Waals surface area contributed by atoms with E-state index in [9.17, 15) is 13.2 Å². The summed E-state index contributed by atoms with van der Waals surface area (Å²) in [5.41, 5.74) is 0.0471. The molecule has 118 valence electrons. The molecule has 3 aromatic rings. The van der Waals surface area contributed by atoms with Crippen molar-refractivity contribution in [3.63, 3.8) is 0 Å². The van der Waals surface area contributed by atoms with Gasteiger partial charge >= 0.3 is 6.18 Å². The van der Waals surface area contributed by atoms with Crippen LogP contribution in [0.5, 0.6) is 0 Å². The Bertz CT molecular complexity index is 801. The SMILES string of the molecule is FC(F)(F)c1cnc(Sc2ccc(-c3ccco3)cc2)c(Cl)c1. The third kappa shape index (κ3) is 3.71. The number of hydrogen-bond donors (Lipinski definition) is 0. The Hall–Kier alpha value is -1.92. The lowest BCUT2D eigenvalue weighted by atomic mass is 10.2. The van der Waals surface area contributed by atoms with Crippen LogP contribution < -0.4 is 0 Å². The number of alkyl halides is 3. The van der Waals surface area contributed by atoms with Crippen LogP contribution in [0.2, 0.25) is 5.02 Å². The van der Waals surface area contributed by atoms with Crippen molar-refractivity contribution < 1.29 is 17.6 Å². The highest BCUT2D eigenvalue weighted by atomic mass is 35.5. The number of furan rings is 1. The molecule has 0 amide bonds. The van der Waals surface area contributed by atoms with Crippen LogP contribution in [0.15, 0.2) is 69.3 Å². The summed E-state index contributed by atoms with van der Waals surface area (Å²) in [5, 5.41) is 0.297. The molecule has 0 aliphatic carbocycles. The first-order chi connectivity index (χ1) is 10.9. The second kappa shape index (κ2) is 6.29. The molecule has 0 unspecified atom stereocenters. The monoisotopic (exact) mass is 355 g/mol. The first kappa shape index (κ1) is 16.0. The maximum atomic E-state index is 12.6. The summed E-state index contributed by atoms with van der Waals surface area (Å²) >= 11 is 7.10. The summed E-state index contributed by atoms with van der Waals surface area (Å²) in [6, 6.07) is 11.9. The fraction of sp³-hybridized carbons (Fsp3) is 0.0625. The molecule has 0 bridgehead atoms. The van der Waals surface area contributed by atoms with Crippen LogP contribution in [0.3, 0.4) is 0 Å². The highest BCUT2D eigenvalue weighted by molar-refractivity contribution is 7.99. The number of halogens is 4. The van der Waals surface area contributed by atoms with Gasteiger partial charge in [0.1, 0.15) is 10.8 Å². The van der Waals surface area contributed by atoms with Gasteiger partial charge in [0.05, 0.1) is 16.8 Å². The summed E-state index contributed by atoms with van der Waals surface area (Å²) in [6.45, 7) is 0. The van der Waals surface area contributed by atoms with E-state index in [2.05, 4.69) is 4.98 Å². The van der Waals surface area contributed by atoms with E-state index < -0.39 is 11.7 Å². The zero-order chi connectivity index (χ0) is 16.4. The summed E-state index contributed by atoms with van der Waals surface area (Å²) in [4.78, 5) is 4.62. The van der Waals surface area contributed by atoms with Crippen LogP contribution in [-0.4, -0.2) is 4.98 Å². The molecule has 2 nitrogen and oxygen atoms in total. The average Bonchev–Trinajstić information content (AvgIpc) is 3.03. The van der Waals surface area contributed by atoms with Crippen molar-refractivity contribution in [3.05, 3.63) is 65.5 Å². The molecule has 0 aliphatic rings. The number of aromatic nitrogens is 1. The van der Waals surface area contributed by atoms with Gasteiger partial charge in [-0.15, -0.1) is 0 Å². The number of rotatable bonds is 3. The average molecular weight is 356 g/mol. The Morgan fingerprint density at radius 3 is 2.39 bits per heavy atom. The lowest BCUT2D eigenvalue weighted by molar-refractivity contribution is -0.137. The van der Waals surface area contributed by atoms with Crippen molar-refractivity contribution >= 4 is 23.4 Å². The van der Waals surface area contributed by atoms with E-state index in [4.69, 9.17) is 16.0 Å². The molecule has 2 aromatic heterocycles. The van der Waals surface area contributed by atoms with Crippen molar-refractivity contribution in [1.29, 1.82) is 0 Å². The van der Waals surface area contributed by atoms with Crippen molar-refractivity contribution in [2.24, 2.45) is 0 Å². The van der Waals surface area contributed by atoms with Crippen LogP contribution in [0, 0.1) is 0 Å². The minimum absolute atomic E-state index is 0.0278. The van der Waals surface area contributed by atoms with Gasteiger partial charge in [-0.25, -0.2) is 4.98 Å². The molecular weight excluding hydrogens is 347 g/mol. The van der Waals surface area contributed by atoms with Crippen molar-refractivity contribution in [2.45, 2.75) is 16.1 Å². The molecule has 2 heterocycles. The quantitative estimate of drug-likeness (QED) is 0.562. The molecule has 3 rings (SSSR count). The lowest BCUT2D eigenvalue weighted by Crippen LogP contribution is -2.05. The summed E-state index contributed by atoms with van der Waals surface area (Å²) in [6.07, 6.45) is -2.08. The Morgan fingerprint density at radius 1 is 1.09 bits per heavy atom. The third-order valence-corrected chi connectivity index (χ3v) is 4.44. The second-order valence-electron chi connectivity index (χ2n) is 4.61. The van der Waals surface area contributed by atoms with Crippen molar-refractivity contribution in [3.8, 4) is 11.3 Å². The lowest BCUT2D eigenvalue weighted by Gasteiger charge is -2.09. The normalized spacial score (nSPS) is 11.7. The van der Waals surface area contributed by atoms with Crippen molar-refractivity contribution in [1.82, 2.24) is 4.98 Å². The number of nitrogens with zero attached hydrogens (tertiary/aromatic N) is 1. The van der Waals surface area contributed by atoms with Gasteiger partial charge in [-0.3, -0.25) is 0 Å². The predicted octanol–water partition coefficient (Wildman–Crippen LogP) is 6.17. The Kier molecular flexibility index (Phi) is 4.37. The third-order valence-electron chi connectivity index (χ3n) is 3.01. The molecule has 0 atom stereocenters. The van der Waals surface area contributed by atoms with Crippen LogP contribution in [0.4, 0.5) is 13.2 Å². The van der Waals surface area contributed by atoms with Crippen LogP contribution in [0.1, 0.15) is 5.56 Å². The fourth-order valence-corrected chi connectivity index (χ4v) is 2.94. The fourth-order valence-electron chi connectivity index (χ4n) is 1.90. The second-order valence-corrected chi connectivity index (χ2v) is 6.08. The highest BCUT2D eigenvalue weighted by Gasteiger charge is 2.31. The van der Waals surface area contributed by atoms with E-state index in [0.29, 0.717) is 5.03 Å². The van der Waals surface area contributed by atoms with Gasteiger partial charge in [-0.05, 0) is 30.3 Å². The van der Waals surface area contributed by atoms with E-state index in [1.54, 1.807) is 12.3 Å². The summed E-state index contributed by atoms with van der Waals surface area (Å²) in [5.74, 6) is 0.743. The van der Waals surface area contributed by atoms with Gasteiger partial charge in [0.2, 0.25) is 0 Å². The molecule has 1 aromatic carbocycles. The summed E-state index contributed by atoms with van der Waals surface area (Å²) in [7, 11) is 0. The van der Waals surface area contributed by atoms with Gasteiger partial charge in [0.15, 0.2) is 0 Å². The van der Waals surface area contributed by atoms with Gasteiger partial charge in [0, 0.05) is 16.7 Å². The molecular formula is C16H9ClF3NOS. The smallest absolute Gasteiger partial charge is 0.417 e. The Labute approximate surface area is 139 Å². The van der Waals surface area contributed by atoms with E-state index in [0.717, 1.165) is 28.5 Å². The van der Waals surface area contributed by atoms with E-state index >= 15 is 0 Å². The molecule has 0 spiro atoms. The number of hydrogen-bond acceptors (Lipinski definition) is 3. The van der Waals surface area contributed by atoms with Gasteiger partial charge in [-0.2, -0.15) is 13.2 Å². The van der Waals surface area contributed by atoms with E-state index in [-0.39, 0.29) is 5.02 Å². The zero-order valence-corrected chi connectivity index (χ0v) is 13.0. The Morgan fingerprint density at radius 2 is 1.83 bits per heavy atom. The number of benzene rings is 1. The maximum absolute atomic E-state index is 12.6. The molecule has 23 heavy (non-hydrogen) atoms. The Balaban J connectivity index is 1.79. The van der Waals surface area contributed by atoms with E-state index in [1.807, 2.05) is 30.3 Å². The van der Waals surface area contributed by atoms with Gasteiger partial charge in [0.25, 0.3) is 0 Å². The number of pyridine rings is 1. The van der Waals surface area contributed by atoms with Crippen molar-refractivity contribution in [2.75, 3.05) is 0 Å².